The van der Waals surface area contributed by atoms with Gasteiger partial charge in [-0.25, -0.2) is 0 Å². The van der Waals surface area contributed by atoms with Crippen molar-refractivity contribution in [3.05, 3.63) is 51.3 Å². The van der Waals surface area contributed by atoms with Crippen molar-refractivity contribution >= 4 is 35.4 Å². The molecule has 0 unspecified atom stereocenters. The molecule has 0 atom stereocenters. The molecule has 2 heterocycles. The van der Waals surface area contributed by atoms with Gasteiger partial charge in [-0.05, 0) is 37.3 Å². The van der Waals surface area contributed by atoms with Crippen molar-refractivity contribution in [1.29, 1.82) is 0 Å². The first kappa shape index (κ1) is 17.7. The summed E-state index contributed by atoms with van der Waals surface area (Å²) in [6, 6.07) is 4.04. The van der Waals surface area contributed by atoms with Crippen LogP contribution in [-0.2, 0) is 6.42 Å². The minimum Gasteiger partial charge on any atom is -0.493 e. The summed E-state index contributed by atoms with van der Waals surface area (Å²) in [7, 11) is 1.69. The van der Waals surface area contributed by atoms with E-state index in [0.29, 0.717) is 10.0 Å². The number of nitrogens with zero attached hydrogens (tertiary/aromatic N) is 1. The predicted molar refractivity (Wildman–Crippen MR) is 106 cm³/mol. The molecule has 4 rings (SSSR count). The largest absolute Gasteiger partial charge is 0.493 e. The van der Waals surface area contributed by atoms with E-state index in [2.05, 4.69) is 17.1 Å². The van der Waals surface area contributed by atoms with Crippen molar-refractivity contribution in [3.63, 3.8) is 0 Å². The number of hydrogen-bond donors (Lipinski definition) is 0. The summed E-state index contributed by atoms with van der Waals surface area (Å²) in [6.45, 7) is 0. The first-order valence-corrected chi connectivity index (χ1v) is 9.73. The molecule has 3 nitrogen and oxygen atoms in total. The molecule has 1 aromatic heterocycles. The van der Waals surface area contributed by atoms with Gasteiger partial charge in [0.05, 0.1) is 17.2 Å². The quantitative estimate of drug-likeness (QED) is 0.625. The van der Waals surface area contributed by atoms with Crippen molar-refractivity contribution in [1.82, 2.24) is 4.98 Å². The van der Waals surface area contributed by atoms with Crippen LogP contribution in [0.2, 0.25) is 10.0 Å². The molecule has 1 aliphatic carbocycles. The summed E-state index contributed by atoms with van der Waals surface area (Å²) in [5.41, 5.74) is 3.04. The minimum atomic E-state index is -0.0657. The summed E-state index contributed by atoms with van der Waals surface area (Å²) >= 11 is 12.5. The summed E-state index contributed by atoms with van der Waals surface area (Å²) < 4.78 is 12.0. The Kier molecular flexibility index (Phi) is 4.85. The molecule has 136 valence electrons. The number of fused-ring (bicyclic) bond motifs is 1. The van der Waals surface area contributed by atoms with E-state index in [1.807, 2.05) is 12.1 Å². The van der Waals surface area contributed by atoms with E-state index in [9.17, 15) is 0 Å². The van der Waals surface area contributed by atoms with Crippen LogP contribution in [0, 0.1) is 0 Å². The lowest BCUT2D eigenvalue weighted by molar-refractivity contribution is 0.0507. The van der Waals surface area contributed by atoms with Gasteiger partial charge in [0.1, 0.15) is 5.60 Å². The highest BCUT2D eigenvalue weighted by Crippen LogP contribution is 2.49. The van der Waals surface area contributed by atoms with E-state index in [-0.39, 0.29) is 5.60 Å². The van der Waals surface area contributed by atoms with E-state index in [0.717, 1.165) is 41.9 Å². The summed E-state index contributed by atoms with van der Waals surface area (Å²) in [6.07, 6.45) is 14.1. The second-order valence-electron chi connectivity index (χ2n) is 7.04. The maximum atomic E-state index is 6.48. The molecule has 2 aliphatic rings. The fraction of sp³-hybridized carbons (Fsp3) is 0.381. The molecule has 1 spiro atoms. The first-order valence-electron chi connectivity index (χ1n) is 8.98. The van der Waals surface area contributed by atoms with Crippen LogP contribution in [0.3, 0.4) is 0 Å². The average Bonchev–Trinajstić information content (AvgIpc) is 3.00. The Morgan fingerprint density at radius 1 is 1.08 bits per heavy atom. The molecule has 2 aromatic rings. The normalized spacial score (nSPS) is 18.1. The lowest BCUT2D eigenvalue weighted by Crippen LogP contribution is -2.36. The molecule has 0 radical (unpaired) electrons. The van der Waals surface area contributed by atoms with Crippen LogP contribution in [0.25, 0.3) is 12.2 Å². The van der Waals surface area contributed by atoms with Gasteiger partial charge in [0, 0.05) is 29.9 Å². The third-order valence-corrected chi connectivity index (χ3v) is 5.99. The van der Waals surface area contributed by atoms with E-state index in [1.54, 1.807) is 19.5 Å². The van der Waals surface area contributed by atoms with Crippen molar-refractivity contribution < 1.29 is 9.47 Å². The number of halogens is 2. The van der Waals surface area contributed by atoms with Crippen LogP contribution < -0.4 is 9.47 Å². The molecule has 0 saturated heterocycles. The minimum absolute atomic E-state index is 0.0657. The fourth-order valence-corrected chi connectivity index (χ4v) is 4.53. The molecule has 1 aromatic carbocycles. The topological polar surface area (TPSA) is 31.4 Å². The SMILES string of the molecule is COc1ccc(C=Cc2c(Cl)cncc2Cl)c2c1OC1(CCCCC1)C2. The molecule has 1 saturated carbocycles. The summed E-state index contributed by atoms with van der Waals surface area (Å²) in [5.74, 6) is 1.70. The van der Waals surface area contributed by atoms with Gasteiger partial charge in [-0.2, -0.15) is 0 Å². The smallest absolute Gasteiger partial charge is 0.165 e. The Labute approximate surface area is 163 Å². The monoisotopic (exact) mass is 389 g/mol. The van der Waals surface area contributed by atoms with E-state index >= 15 is 0 Å². The molecular formula is C21H21Cl2NO2. The average molecular weight is 390 g/mol. The molecule has 1 aliphatic heterocycles. The Morgan fingerprint density at radius 2 is 1.81 bits per heavy atom. The third kappa shape index (κ3) is 3.19. The van der Waals surface area contributed by atoms with Crippen LogP contribution in [0.4, 0.5) is 0 Å². The Hall–Kier alpha value is -1.71. The van der Waals surface area contributed by atoms with Crippen molar-refractivity contribution in [2.45, 2.75) is 44.1 Å². The van der Waals surface area contributed by atoms with Gasteiger partial charge in [-0.3, -0.25) is 4.98 Å². The summed E-state index contributed by atoms with van der Waals surface area (Å²) in [4.78, 5) is 4.00. The second kappa shape index (κ2) is 7.13. The second-order valence-corrected chi connectivity index (χ2v) is 7.85. The Bertz CT molecular complexity index is 837. The number of pyridine rings is 1. The lowest BCUT2D eigenvalue weighted by atomic mass is 9.81. The van der Waals surface area contributed by atoms with Crippen molar-refractivity contribution in [3.8, 4) is 11.5 Å². The Morgan fingerprint density at radius 3 is 2.50 bits per heavy atom. The fourth-order valence-electron chi connectivity index (χ4n) is 4.04. The van der Waals surface area contributed by atoms with Gasteiger partial charge in [0.2, 0.25) is 0 Å². The zero-order valence-corrected chi connectivity index (χ0v) is 16.2. The van der Waals surface area contributed by atoms with Crippen LogP contribution in [0.1, 0.15) is 48.8 Å². The predicted octanol–water partition coefficient (Wildman–Crippen LogP) is 6.21. The zero-order chi connectivity index (χ0) is 18.1. The van der Waals surface area contributed by atoms with Crippen LogP contribution >= 0.6 is 23.2 Å². The highest BCUT2D eigenvalue weighted by Gasteiger charge is 2.42. The van der Waals surface area contributed by atoms with Crippen molar-refractivity contribution in [2.75, 3.05) is 7.11 Å². The van der Waals surface area contributed by atoms with Gasteiger partial charge in [0.25, 0.3) is 0 Å². The highest BCUT2D eigenvalue weighted by molar-refractivity contribution is 6.37. The van der Waals surface area contributed by atoms with Gasteiger partial charge in [-0.1, -0.05) is 47.8 Å². The Balaban J connectivity index is 1.71. The number of methoxy groups -OCH3 is 1. The van der Waals surface area contributed by atoms with Crippen LogP contribution in [-0.4, -0.2) is 17.7 Å². The van der Waals surface area contributed by atoms with Crippen molar-refractivity contribution in [2.24, 2.45) is 0 Å². The number of aromatic nitrogens is 1. The molecule has 5 heteroatoms. The van der Waals surface area contributed by atoms with Gasteiger partial charge in [0.15, 0.2) is 11.5 Å². The number of ether oxygens (including phenoxy) is 2. The molecule has 0 bridgehead atoms. The lowest BCUT2D eigenvalue weighted by Gasteiger charge is -2.32. The first-order chi connectivity index (χ1) is 12.6. The molecular weight excluding hydrogens is 369 g/mol. The van der Waals surface area contributed by atoms with Crippen LogP contribution in [0.15, 0.2) is 24.5 Å². The standard InChI is InChI=1S/C21H21Cl2NO2/c1-25-19-8-6-14(5-7-15-17(22)12-24-13-18(15)23)16-11-21(26-20(16)19)9-3-2-4-10-21/h5-8,12-13H,2-4,9-11H2,1H3. The van der Waals surface area contributed by atoms with E-state index in [1.165, 1.54) is 24.8 Å². The zero-order valence-electron chi connectivity index (χ0n) is 14.7. The molecule has 0 N–H and O–H groups in total. The maximum absolute atomic E-state index is 6.48. The van der Waals surface area contributed by atoms with Gasteiger partial charge >= 0.3 is 0 Å². The van der Waals surface area contributed by atoms with Gasteiger partial charge < -0.3 is 9.47 Å². The van der Waals surface area contributed by atoms with E-state index < -0.39 is 0 Å². The molecule has 1 fully saturated rings. The third-order valence-electron chi connectivity index (χ3n) is 5.38. The molecule has 0 amide bonds. The van der Waals surface area contributed by atoms with Crippen LogP contribution in [0.5, 0.6) is 11.5 Å². The van der Waals surface area contributed by atoms with Gasteiger partial charge in [-0.15, -0.1) is 0 Å². The maximum Gasteiger partial charge on any atom is 0.165 e. The number of rotatable bonds is 3. The summed E-state index contributed by atoms with van der Waals surface area (Å²) in [5, 5.41) is 1.08. The highest BCUT2D eigenvalue weighted by atomic mass is 35.5. The number of hydrogen-bond acceptors (Lipinski definition) is 3. The molecule has 26 heavy (non-hydrogen) atoms. The van der Waals surface area contributed by atoms with E-state index in [4.69, 9.17) is 32.7 Å². The number of benzene rings is 1.